The van der Waals surface area contributed by atoms with Crippen LogP contribution in [0.5, 0.6) is 0 Å². The molecule has 0 amide bonds. The van der Waals surface area contributed by atoms with Crippen LogP contribution in [-0.2, 0) is 10.0 Å². The number of rotatable bonds is 4. The van der Waals surface area contributed by atoms with Crippen LogP contribution in [0, 0.1) is 17.6 Å². The van der Waals surface area contributed by atoms with Crippen LogP contribution < -0.4 is 4.90 Å². The van der Waals surface area contributed by atoms with Gasteiger partial charge in [0.25, 0.3) is 0 Å². The molecule has 1 N–H and O–H groups in total. The Balaban J connectivity index is 1.68. The zero-order valence-electron chi connectivity index (χ0n) is 18.0. The predicted octanol–water partition coefficient (Wildman–Crippen LogP) is 4.19. The van der Waals surface area contributed by atoms with Crippen LogP contribution >= 0.6 is 0 Å². The van der Waals surface area contributed by atoms with Gasteiger partial charge in [0.15, 0.2) is 0 Å². The summed E-state index contributed by atoms with van der Waals surface area (Å²) < 4.78 is 57.5. The third-order valence-corrected chi connectivity index (χ3v) is 8.83. The standard InChI is InChI=1S/C25H24F2N2O3S/c1-28-22-11-10-16(17-6-2-3-7-20(17)26)14-19(22)25-18(23(28)15-30)12-13-29(25)33(31,32)24-9-5-4-8-21(24)27/h2-11,14,18,23,25,30H,12-13,15H2,1H3/t18-,23-,25-/m1/s1. The SMILES string of the molecule is CN1c2ccc(-c3ccccc3F)cc2[C@H]2[C@H](CCN2S(=O)(=O)c2ccccc2F)[C@H]1CO. The lowest BCUT2D eigenvalue weighted by Crippen LogP contribution is -2.48. The number of anilines is 1. The second-order valence-corrected chi connectivity index (χ2v) is 10.4. The van der Waals surface area contributed by atoms with Gasteiger partial charge in [-0.2, -0.15) is 4.31 Å². The van der Waals surface area contributed by atoms with E-state index >= 15 is 0 Å². The monoisotopic (exact) mass is 470 g/mol. The first-order chi connectivity index (χ1) is 15.8. The second kappa shape index (κ2) is 8.20. The summed E-state index contributed by atoms with van der Waals surface area (Å²) >= 11 is 0. The molecule has 0 aliphatic carbocycles. The molecule has 0 saturated carbocycles. The van der Waals surface area contributed by atoms with Crippen molar-refractivity contribution in [3.8, 4) is 11.1 Å². The zero-order chi connectivity index (χ0) is 23.3. The van der Waals surface area contributed by atoms with Gasteiger partial charge in [0.05, 0.1) is 18.7 Å². The van der Waals surface area contributed by atoms with Crippen LogP contribution in [0.4, 0.5) is 14.5 Å². The van der Waals surface area contributed by atoms with E-state index in [1.165, 1.54) is 28.6 Å². The number of aliphatic hydroxyl groups excluding tert-OH is 1. The van der Waals surface area contributed by atoms with Crippen molar-refractivity contribution in [2.45, 2.75) is 23.4 Å². The van der Waals surface area contributed by atoms with E-state index in [1.54, 1.807) is 24.3 Å². The van der Waals surface area contributed by atoms with Crippen LogP contribution in [0.25, 0.3) is 11.1 Å². The molecule has 8 heteroatoms. The molecule has 2 aliphatic rings. The highest BCUT2D eigenvalue weighted by Gasteiger charge is 2.50. The topological polar surface area (TPSA) is 60.9 Å². The maximum Gasteiger partial charge on any atom is 0.246 e. The maximum atomic E-state index is 14.5. The first kappa shape index (κ1) is 22.0. The lowest BCUT2D eigenvalue weighted by molar-refractivity contribution is 0.193. The Morgan fingerprint density at radius 2 is 1.70 bits per heavy atom. The summed E-state index contributed by atoms with van der Waals surface area (Å²) in [5, 5.41) is 10.1. The number of benzene rings is 3. The first-order valence-electron chi connectivity index (χ1n) is 10.8. The van der Waals surface area contributed by atoms with Crippen molar-refractivity contribution in [3.05, 3.63) is 83.9 Å². The van der Waals surface area contributed by atoms with Crippen LogP contribution in [0.2, 0.25) is 0 Å². The van der Waals surface area contributed by atoms with Gasteiger partial charge in [-0.1, -0.05) is 36.4 Å². The van der Waals surface area contributed by atoms with Gasteiger partial charge < -0.3 is 10.0 Å². The number of halogens is 2. The average molecular weight is 471 g/mol. The molecule has 0 radical (unpaired) electrons. The fourth-order valence-corrected chi connectivity index (χ4v) is 7.06. The van der Waals surface area contributed by atoms with E-state index in [0.717, 1.165) is 17.3 Å². The number of sulfonamides is 1. The van der Waals surface area contributed by atoms with Gasteiger partial charge in [0.2, 0.25) is 10.0 Å². The first-order valence-corrected chi connectivity index (χ1v) is 12.3. The van der Waals surface area contributed by atoms with E-state index in [-0.39, 0.29) is 35.8 Å². The van der Waals surface area contributed by atoms with E-state index in [9.17, 15) is 22.3 Å². The molecule has 2 heterocycles. The smallest absolute Gasteiger partial charge is 0.246 e. The molecule has 3 aromatic rings. The van der Waals surface area contributed by atoms with E-state index in [4.69, 9.17) is 0 Å². The number of nitrogens with zero attached hydrogens (tertiary/aromatic N) is 2. The van der Waals surface area contributed by atoms with Crippen molar-refractivity contribution in [2.24, 2.45) is 5.92 Å². The van der Waals surface area contributed by atoms with Gasteiger partial charge in [0, 0.05) is 30.8 Å². The molecular weight excluding hydrogens is 446 g/mol. The molecule has 0 aromatic heterocycles. The van der Waals surface area contributed by atoms with Crippen LogP contribution in [0.1, 0.15) is 18.0 Å². The largest absolute Gasteiger partial charge is 0.394 e. The highest BCUT2D eigenvalue weighted by molar-refractivity contribution is 7.89. The summed E-state index contributed by atoms with van der Waals surface area (Å²) in [6, 6.07) is 16.4. The lowest BCUT2D eigenvalue weighted by atomic mass is 9.81. The Hall–Kier alpha value is -2.81. The fraction of sp³-hybridized carbons (Fsp3) is 0.280. The maximum absolute atomic E-state index is 14.5. The molecular formula is C25H24F2N2O3S. The Bertz CT molecular complexity index is 1310. The van der Waals surface area contributed by atoms with Crippen molar-refractivity contribution in [2.75, 3.05) is 25.1 Å². The molecule has 2 aliphatic heterocycles. The number of aliphatic hydroxyl groups is 1. The zero-order valence-corrected chi connectivity index (χ0v) is 18.8. The molecule has 1 fully saturated rings. The second-order valence-electron chi connectivity index (χ2n) is 8.56. The molecule has 3 atom stereocenters. The molecule has 0 unspecified atom stereocenters. The molecule has 0 bridgehead atoms. The molecule has 172 valence electrons. The summed E-state index contributed by atoms with van der Waals surface area (Å²) in [7, 11) is -2.27. The summed E-state index contributed by atoms with van der Waals surface area (Å²) in [4.78, 5) is 1.60. The predicted molar refractivity (Wildman–Crippen MR) is 122 cm³/mol. The van der Waals surface area contributed by atoms with Gasteiger partial charge in [0.1, 0.15) is 16.5 Å². The number of fused-ring (bicyclic) bond motifs is 3. The Morgan fingerprint density at radius 3 is 2.39 bits per heavy atom. The van der Waals surface area contributed by atoms with Crippen molar-refractivity contribution in [1.29, 1.82) is 0 Å². The third-order valence-electron chi connectivity index (χ3n) is 6.91. The summed E-state index contributed by atoms with van der Waals surface area (Å²) in [6.07, 6.45) is 0.525. The van der Waals surface area contributed by atoms with Crippen molar-refractivity contribution < 1.29 is 22.3 Å². The Labute approximate surface area is 191 Å². The number of likely N-dealkylation sites (N-methyl/N-ethyl adjacent to an activating group) is 1. The minimum Gasteiger partial charge on any atom is -0.394 e. The fourth-order valence-electron chi connectivity index (χ4n) is 5.32. The van der Waals surface area contributed by atoms with Crippen LogP contribution in [0.3, 0.4) is 0 Å². The summed E-state index contributed by atoms with van der Waals surface area (Å²) in [5.74, 6) is -1.36. The molecule has 33 heavy (non-hydrogen) atoms. The normalized spacial score (nSPS) is 22.8. The van der Waals surface area contributed by atoms with Gasteiger partial charge in [-0.3, -0.25) is 0 Å². The minimum absolute atomic E-state index is 0.139. The van der Waals surface area contributed by atoms with Crippen molar-refractivity contribution in [1.82, 2.24) is 4.31 Å². The number of hydrogen-bond donors (Lipinski definition) is 1. The van der Waals surface area contributed by atoms with E-state index in [2.05, 4.69) is 0 Å². The van der Waals surface area contributed by atoms with E-state index < -0.39 is 21.9 Å². The quantitative estimate of drug-likeness (QED) is 0.621. The number of hydrogen-bond acceptors (Lipinski definition) is 4. The lowest BCUT2D eigenvalue weighted by Gasteiger charge is -2.44. The average Bonchev–Trinajstić information content (AvgIpc) is 3.26. The van der Waals surface area contributed by atoms with Crippen LogP contribution in [-0.4, -0.2) is 44.1 Å². The van der Waals surface area contributed by atoms with Gasteiger partial charge in [-0.15, -0.1) is 0 Å². The molecule has 0 spiro atoms. The van der Waals surface area contributed by atoms with Crippen molar-refractivity contribution in [3.63, 3.8) is 0 Å². The summed E-state index contributed by atoms with van der Waals surface area (Å²) in [6.45, 7) is 0.0689. The minimum atomic E-state index is -4.13. The third kappa shape index (κ3) is 3.44. The Morgan fingerprint density at radius 1 is 1.00 bits per heavy atom. The molecule has 5 rings (SSSR count). The highest BCUT2D eigenvalue weighted by Crippen LogP contribution is 2.51. The van der Waals surface area contributed by atoms with Gasteiger partial charge >= 0.3 is 0 Å². The van der Waals surface area contributed by atoms with Gasteiger partial charge in [-0.05, 0) is 47.9 Å². The highest BCUT2D eigenvalue weighted by atomic mass is 32.2. The van der Waals surface area contributed by atoms with Gasteiger partial charge in [-0.25, -0.2) is 17.2 Å². The summed E-state index contributed by atoms with van der Waals surface area (Å²) in [5.41, 5.74) is 2.55. The van der Waals surface area contributed by atoms with E-state index in [0.29, 0.717) is 17.5 Å². The molecule has 1 saturated heterocycles. The van der Waals surface area contributed by atoms with Crippen LogP contribution in [0.15, 0.2) is 71.6 Å². The Kier molecular flexibility index (Phi) is 5.47. The van der Waals surface area contributed by atoms with Crippen molar-refractivity contribution >= 4 is 15.7 Å². The molecule has 5 nitrogen and oxygen atoms in total. The molecule has 3 aromatic carbocycles. The van der Waals surface area contributed by atoms with E-state index in [1.807, 2.05) is 24.1 Å².